The first kappa shape index (κ1) is 10.0. The third-order valence-corrected chi connectivity index (χ3v) is 3.23. The van der Waals surface area contributed by atoms with E-state index in [1.807, 2.05) is 0 Å². The molecule has 0 saturated carbocycles. The molecule has 0 aromatic carbocycles. The van der Waals surface area contributed by atoms with Gasteiger partial charge >= 0.3 is 0 Å². The molecule has 1 aliphatic rings. The maximum Gasteiger partial charge on any atom is 0.113 e. The lowest BCUT2D eigenvalue weighted by atomic mass is 9.68. The predicted molar refractivity (Wildman–Crippen MR) is 48.7 cm³/mol. The van der Waals surface area contributed by atoms with Crippen LogP contribution in [0.5, 0.6) is 0 Å². The van der Waals surface area contributed by atoms with Crippen molar-refractivity contribution in [1.82, 2.24) is 0 Å². The summed E-state index contributed by atoms with van der Waals surface area (Å²) in [6.07, 6.45) is 1.01. The molecule has 0 amide bonds. The Morgan fingerprint density at radius 1 is 1.33 bits per heavy atom. The van der Waals surface area contributed by atoms with Crippen LogP contribution in [-0.2, 0) is 9.78 Å². The third-order valence-electron chi connectivity index (χ3n) is 3.23. The summed E-state index contributed by atoms with van der Waals surface area (Å²) in [5, 5.41) is 0. The zero-order valence-electron chi connectivity index (χ0n) is 8.81. The Labute approximate surface area is 75.2 Å². The van der Waals surface area contributed by atoms with Crippen LogP contribution in [0.25, 0.3) is 0 Å². The van der Waals surface area contributed by atoms with Crippen molar-refractivity contribution in [3.63, 3.8) is 0 Å². The Kier molecular flexibility index (Phi) is 2.50. The van der Waals surface area contributed by atoms with Gasteiger partial charge in [0.25, 0.3) is 0 Å². The van der Waals surface area contributed by atoms with Crippen molar-refractivity contribution in [3.05, 3.63) is 0 Å². The second-order valence-electron chi connectivity index (χ2n) is 4.63. The molecule has 12 heavy (non-hydrogen) atoms. The molecular weight excluding hydrogens is 152 g/mol. The molecule has 0 aliphatic carbocycles. The first-order chi connectivity index (χ1) is 5.46. The Hall–Kier alpha value is -0.0800. The van der Waals surface area contributed by atoms with Gasteiger partial charge in [-0.05, 0) is 12.3 Å². The zero-order chi connectivity index (χ0) is 9.41. The van der Waals surface area contributed by atoms with Crippen LogP contribution in [0.4, 0.5) is 0 Å². The molecule has 0 radical (unpaired) electrons. The van der Waals surface area contributed by atoms with Crippen molar-refractivity contribution in [2.24, 2.45) is 11.3 Å². The Morgan fingerprint density at radius 3 is 2.08 bits per heavy atom. The van der Waals surface area contributed by atoms with E-state index in [1.54, 1.807) is 0 Å². The minimum atomic E-state index is -0.0903. The highest BCUT2D eigenvalue weighted by atomic mass is 17.2. The van der Waals surface area contributed by atoms with E-state index < -0.39 is 0 Å². The van der Waals surface area contributed by atoms with E-state index in [2.05, 4.69) is 34.6 Å². The zero-order valence-corrected chi connectivity index (χ0v) is 8.81. The van der Waals surface area contributed by atoms with Gasteiger partial charge in [0.2, 0.25) is 0 Å². The van der Waals surface area contributed by atoms with Crippen molar-refractivity contribution in [2.75, 3.05) is 6.61 Å². The molecule has 1 saturated heterocycles. The van der Waals surface area contributed by atoms with E-state index in [1.165, 1.54) is 0 Å². The molecule has 0 bridgehead atoms. The van der Waals surface area contributed by atoms with Gasteiger partial charge in [-0.25, -0.2) is 9.78 Å². The summed E-state index contributed by atoms with van der Waals surface area (Å²) in [7, 11) is 0. The van der Waals surface area contributed by atoms with Gasteiger partial charge in [-0.15, -0.1) is 0 Å². The van der Waals surface area contributed by atoms with Crippen molar-refractivity contribution >= 4 is 0 Å². The van der Waals surface area contributed by atoms with Crippen LogP contribution in [0.2, 0.25) is 0 Å². The summed E-state index contributed by atoms with van der Waals surface area (Å²) < 4.78 is 0. The summed E-state index contributed by atoms with van der Waals surface area (Å²) >= 11 is 0. The monoisotopic (exact) mass is 172 g/mol. The first-order valence-electron chi connectivity index (χ1n) is 4.77. The predicted octanol–water partition coefficient (Wildman–Crippen LogP) is 2.78. The van der Waals surface area contributed by atoms with Crippen molar-refractivity contribution in [3.8, 4) is 0 Å². The highest BCUT2D eigenvalue weighted by Crippen LogP contribution is 2.47. The smallest absolute Gasteiger partial charge is 0.113 e. The quantitative estimate of drug-likeness (QED) is 0.596. The minimum absolute atomic E-state index is 0.0903. The lowest BCUT2D eigenvalue weighted by Gasteiger charge is -2.39. The molecular formula is C10H20O2. The average molecular weight is 172 g/mol. The van der Waals surface area contributed by atoms with Crippen molar-refractivity contribution < 1.29 is 9.78 Å². The molecule has 0 aromatic rings. The number of rotatable bonds is 2. The fraction of sp³-hybridized carbons (Fsp3) is 1.00. The maximum absolute atomic E-state index is 5.47. The van der Waals surface area contributed by atoms with Gasteiger partial charge in [-0.2, -0.15) is 0 Å². The van der Waals surface area contributed by atoms with E-state index in [4.69, 9.17) is 9.78 Å². The van der Waals surface area contributed by atoms with Gasteiger partial charge in [0.15, 0.2) is 0 Å². The van der Waals surface area contributed by atoms with E-state index >= 15 is 0 Å². The molecule has 2 nitrogen and oxygen atoms in total. The Balaban J connectivity index is 2.92. The molecule has 1 fully saturated rings. The average Bonchev–Trinajstić information content (AvgIpc) is 2.25. The van der Waals surface area contributed by atoms with Crippen molar-refractivity contribution in [2.45, 2.75) is 46.6 Å². The Bertz CT molecular complexity index is 163. The molecule has 1 aliphatic heterocycles. The van der Waals surface area contributed by atoms with Crippen LogP contribution in [0.1, 0.15) is 41.0 Å². The van der Waals surface area contributed by atoms with Crippen LogP contribution < -0.4 is 0 Å². The highest BCUT2D eigenvalue weighted by molar-refractivity contribution is 4.97. The van der Waals surface area contributed by atoms with Crippen LogP contribution in [0.15, 0.2) is 0 Å². The SMILES string of the molecule is CCC1(C(C)C)OOCC1(C)C. The summed E-state index contributed by atoms with van der Waals surface area (Å²) in [6.45, 7) is 11.7. The summed E-state index contributed by atoms with van der Waals surface area (Å²) in [5.41, 5.74) is 0.0446. The van der Waals surface area contributed by atoms with Gasteiger partial charge < -0.3 is 0 Å². The van der Waals surface area contributed by atoms with Crippen molar-refractivity contribution in [1.29, 1.82) is 0 Å². The van der Waals surface area contributed by atoms with Gasteiger partial charge in [0.05, 0.1) is 6.61 Å². The molecule has 0 aromatic heterocycles. The van der Waals surface area contributed by atoms with Crippen LogP contribution in [-0.4, -0.2) is 12.2 Å². The molecule has 1 unspecified atom stereocenters. The fourth-order valence-electron chi connectivity index (χ4n) is 2.34. The van der Waals surface area contributed by atoms with Crippen LogP contribution in [0, 0.1) is 11.3 Å². The largest absolute Gasteiger partial charge is 0.235 e. The van der Waals surface area contributed by atoms with E-state index in [9.17, 15) is 0 Å². The standard InChI is InChI=1S/C10H20O2/c1-6-10(8(2)3)9(4,5)7-11-12-10/h8H,6-7H2,1-5H3. The molecule has 0 N–H and O–H groups in total. The van der Waals surface area contributed by atoms with Gasteiger partial charge in [0, 0.05) is 5.41 Å². The molecule has 2 heteroatoms. The van der Waals surface area contributed by atoms with E-state index in [-0.39, 0.29) is 11.0 Å². The van der Waals surface area contributed by atoms with Gasteiger partial charge in [0.1, 0.15) is 5.60 Å². The fourth-order valence-corrected chi connectivity index (χ4v) is 2.34. The molecule has 0 spiro atoms. The second kappa shape index (κ2) is 3.00. The summed E-state index contributed by atoms with van der Waals surface area (Å²) in [6, 6.07) is 0. The number of hydrogen-bond acceptors (Lipinski definition) is 2. The molecule has 1 rings (SSSR count). The lowest BCUT2D eigenvalue weighted by Crippen LogP contribution is -2.46. The minimum Gasteiger partial charge on any atom is -0.235 e. The molecule has 72 valence electrons. The number of hydrogen-bond donors (Lipinski definition) is 0. The normalized spacial score (nSPS) is 34.5. The molecule has 1 atom stereocenters. The summed E-state index contributed by atoms with van der Waals surface area (Å²) in [4.78, 5) is 10.6. The van der Waals surface area contributed by atoms with E-state index in [0.29, 0.717) is 12.5 Å². The summed E-state index contributed by atoms with van der Waals surface area (Å²) in [5.74, 6) is 0.500. The third kappa shape index (κ3) is 1.17. The lowest BCUT2D eigenvalue weighted by molar-refractivity contribution is -0.323. The first-order valence-corrected chi connectivity index (χ1v) is 4.77. The molecule has 1 heterocycles. The van der Waals surface area contributed by atoms with Crippen LogP contribution in [0.3, 0.4) is 0 Å². The Morgan fingerprint density at radius 2 is 1.92 bits per heavy atom. The topological polar surface area (TPSA) is 18.5 Å². The van der Waals surface area contributed by atoms with E-state index in [0.717, 1.165) is 6.42 Å². The van der Waals surface area contributed by atoms with Gasteiger partial charge in [-0.1, -0.05) is 34.6 Å². The van der Waals surface area contributed by atoms with Crippen LogP contribution >= 0.6 is 0 Å². The maximum atomic E-state index is 5.47. The van der Waals surface area contributed by atoms with Gasteiger partial charge in [-0.3, -0.25) is 0 Å². The highest BCUT2D eigenvalue weighted by Gasteiger charge is 2.53. The second-order valence-corrected chi connectivity index (χ2v) is 4.63.